The Kier molecular flexibility index (Phi) is 4.19. The highest BCUT2D eigenvalue weighted by Crippen LogP contribution is 2.33. The smallest absolute Gasteiger partial charge is 0.126 e. The molecule has 0 N–H and O–H groups in total. The molecule has 20 heavy (non-hydrogen) atoms. The maximum atomic E-state index is 5.82. The van der Waals surface area contributed by atoms with Gasteiger partial charge in [-0.2, -0.15) is 0 Å². The van der Waals surface area contributed by atoms with Crippen LogP contribution in [0.1, 0.15) is 26.3 Å². The third-order valence-electron chi connectivity index (χ3n) is 3.11. The largest absolute Gasteiger partial charge is 0.496 e. The van der Waals surface area contributed by atoms with Gasteiger partial charge in [0.05, 0.1) is 26.4 Å². The molecule has 2 aromatic carbocycles. The molecule has 108 valence electrons. The topological polar surface area (TPSA) is 27.7 Å². The van der Waals surface area contributed by atoms with E-state index in [2.05, 4.69) is 39.0 Å². The first-order valence-electron chi connectivity index (χ1n) is 6.72. The highest BCUT2D eigenvalue weighted by molar-refractivity contribution is 5.93. The van der Waals surface area contributed by atoms with Crippen molar-refractivity contribution in [3.05, 3.63) is 35.9 Å². The van der Waals surface area contributed by atoms with Crippen LogP contribution < -0.4 is 9.47 Å². The Morgan fingerprint density at radius 2 is 1.45 bits per heavy atom. The number of rotatable bonds is 4. The Balaban J connectivity index is 2.41. The third kappa shape index (κ3) is 3.23. The van der Waals surface area contributed by atoms with E-state index < -0.39 is 0 Å². The van der Waals surface area contributed by atoms with E-state index in [1.807, 2.05) is 12.1 Å². The van der Waals surface area contributed by atoms with Gasteiger partial charge in [-0.3, -0.25) is 0 Å². The van der Waals surface area contributed by atoms with E-state index in [0.29, 0.717) is 6.61 Å². The zero-order valence-corrected chi connectivity index (χ0v) is 12.8. The summed E-state index contributed by atoms with van der Waals surface area (Å²) in [6, 6.07) is 10.1. The maximum Gasteiger partial charge on any atom is 0.126 e. The summed E-state index contributed by atoms with van der Waals surface area (Å²) in [5, 5.41) is 2.09. The van der Waals surface area contributed by atoms with Crippen molar-refractivity contribution in [1.82, 2.24) is 0 Å². The summed E-state index contributed by atoms with van der Waals surface area (Å²) >= 11 is 0. The summed E-state index contributed by atoms with van der Waals surface area (Å²) in [4.78, 5) is 0. The minimum atomic E-state index is -0.145. The predicted molar refractivity (Wildman–Crippen MR) is 81.6 cm³/mol. The Morgan fingerprint density at radius 1 is 0.850 bits per heavy atom. The first-order chi connectivity index (χ1) is 9.44. The molecule has 0 aliphatic rings. The lowest BCUT2D eigenvalue weighted by Gasteiger charge is -2.20. The van der Waals surface area contributed by atoms with Gasteiger partial charge in [-0.05, 0) is 44.5 Å². The second-order valence-corrected chi connectivity index (χ2v) is 5.75. The molecule has 2 aromatic rings. The van der Waals surface area contributed by atoms with Gasteiger partial charge in [0.2, 0.25) is 0 Å². The highest BCUT2D eigenvalue weighted by Gasteiger charge is 2.12. The number of hydrogen-bond acceptors (Lipinski definition) is 3. The number of methoxy groups -OCH3 is 2. The van der Waals surface area contributed by atoms with Crippen molar-refractivity contribution >= 4 is 10.8 Å². The molecule has 0 aliphatic heterocycles. The Hall–Kier alpha value is -1.74. The monoisotopic (exact) mass is 274 g/mol. The molecule has 0 spiro atoms. The molecule has 0 radical (unpaired) electrons. The number of ether oxygens (including phenoxy) is 3. The minimum Gasteiger partial charge on any atom is -0.496 e. The summed E-state index contributed by atoms with van der Waals surface area (Å²) in [5.41, 5.74) is 0.979. The van der Waals surface area contributed by atoms with Crippen molar-refractivity contribution in [3.8, 4) is 11.5 Å². The predicted octanol–water partition coefficient (Wildman–Crippen LogP) is 4.17. The average Bonchev–Trinajstić information content (AvgIpc) is 2.42. The molecule has 0 saturated heterocycles. The van der Waals surface area contributed by atoms with Crippen molar-refractivity contribution in [2.75, 3.05) is 14.2 Å². The molecule has 2 rings (SSSR count). The fourth-order valence-corrected chi connectivity index (χ4v) is 2.09. The first kappa shape index (κ1) is 14.7. The van der Waals surface area contributed by atoms with E-state index in [4.69, 9.17) is 14.2 Å². The number of benzene rings is 2. The van der Waals surface area contributed by atoms with Crippen LogP contribution in [0.15, 0.2) is 30.3 Å². The summed E-state index contributed by atoms with van der Waals surface area (Å²) in [6.45, 7) is 6.74. The lowest BCUT2D eigenvalue weighted by molar-refractivity contribution is -0.0149. The molecule has 0 fully saturated rings. The van der Waals surface area contributed by atoms with E-state index in [1.165, 1.54) is 0 Å². The molecular weight excluding hydrogens is 252 g/mol. The van der Waals surface area contributed by atoms with Crippen molar-refractivity contribution in [2.45, 2.75) is 33.0 Å². The van der Waals surface area contributed by atoms with E-state index in [9.17, 15) is 0 Å². The van der Waals surface area contributed by atoms with E-state index in [0.717, 1.165) is 27.8 Å². The van der Waals surface area contributed by atoms with Crippen molar-refractivity contribution in [3.63, 3.8) is 0 Å². The Bertz CT molecular complexity index is 597. The van der Waals surface area contributed by atoms with Crippen molar-refractivity contribution < 1.29 is 14.2 Å². The van der Waals surface area contributed by atoms with E-state index in [1.54, 1.807) is 14.2 Å². The molecule has 3 heteroatoms. The Morgan fingerprint density at radius 3 is 2.00 bits per heavy atom. The van der Waals surface area contributed by atoms with Crippen LogP contribution in [0.2, 0.25) is 0 Å². The van der Waals surface area contributed by atoms with Gasteiger partial charge in [-0.15, -0.1) is 0 Å². The maximum absolute atomic E-state index is 5.82. The summed E-state index contributed by atoms with van der Waals surface area (Å²) < 4.78 is 16.6. The van der Waals surface area contributed by atoms with Crippen LogP contribution in [-0.2, 0) is 11.3 Å². The van der Waals surface area contributed by atoms with Crippen LogP contribution in [0, 0.1) is 0 Å². The molecule has 0 heterocycles. The average molecular weight is 274 g/mol. The standard InChI is InChI=1S/C17H22O3/c1-17(2,3)20-11-12-6-7-13-14(10-12)16(19-5)9-8-15(13)18-4/h6-10H,11H2,1-5H3. The summed E-state index contributed by atoms with van der Waals surface area (Å²) in [5.74, 6) is 1.70. The SMILES string of the molecule is COc1ccc(OC)c2cc(COC(C)(C)C)ccc12. The fraction of sp³-hybridized carbons (Fsp3) is 0.412. The van der Waals surface area contributed by atoms with Gasteiger partial charge in [0.25, 0.3) is 0 Å². The van der Waals surface area contributed by atoms with Gasteiger partial charge in [0.1, 0.15) is 11.5 Å². The molecule has 0 amide bonds. The van der Waals surface area contributed by atoms with Crippen molar-refractivity contribution in [2.24, 2.45) is 0 Å². The fourth-order valence-electron chi connectivity index (χ4n) is 2.09. The second-order valence-electron chi connectivity index (χ2n) is 5.75. The van der Waals surface area contributed by atoms with Gasteiger partial charge < -0.3 is 14.2 Å². The summed E-state index contributed by atoms with van der Waals surface area (Å²) in [6.07, 6.45) is 0. The van der Waals surface area contributed by atoms with Gasteiger partial charge in [0.15, 0.2) is 0 Å². The van der Waals surface area contributed by atoms with Gasteiger partial charge in [-0.25, -0.2) is 0 Å². The van der Waals surface area contributed by atoms with Crippen molar-refractivity contribution in [1.29, 1.82) is 0 Å². The highest BCUT2D eigenvalue weighted by atomic mass is 16.5. The number of fused-ring (bicyclic) bond motifs is 1. The molecule has 0 aliphatic carbocycles. The molecule has 0 saturated carbocycles. The van der Waals surface area contributed by atoms with Crippen LogP contribution in [0.3, 0.4) is 0 Å². The lowest BCUT2D eigenvalue weighted by Crippen LogP contribution is -2.18. The van der Waals surface area contributed by atoms with Gasteiger partial charge >= 0.3 is 0 Å². The van der Waals surface area contributed by atoms with E-state index >= 15 is 0 Å². The number of hydrogen-bond donors (Lipinski definition) is 0. The Labute approximate surface area is 120 Å². The minimum absolute atomic E-state index is 0.145. The molecule has 0 bridgehead atoms. The lowest BCUT2D eigenvalue weighted by atomic mass is 10.1. The summed E-state index contributed by atoms with van der Waals surface area (Å²) in [7, 11) is 3.36. The van der Waals surface area contributed by atoms with Crippen LogP contribution in [0.4, 0.5) is 0 Å². The molecule has 3 nitrogen and oxygen atoms in total. The molecular formula is C17H22O3. The normalized spacial score (nSPS) is 11.7. The van der Waals surface area contributed by atoms with E-state index in [-0.39, 0.29) is 5.60 Å². The van der Waals surface area contributed by atoms with Crippen LogP contribution in [0.5, 0.6) is 11.5 Å². The zero-order valence-electron chi connectivity index (χ0n) is 12.8. The van der Waals surface area contributed by atoms with Gasteiger partial charge in [0, 0.05) is 10.8 Å². The van der Waals surface area contributed by atoms with Crippen LogP contribution in [-0.4, -0.2) is 19.8 Å². The molecule has 0 aromatic heterocycles. The van der Waals surface area contributed by atoms with Crippen LogP contribution >= 0.6 is 0 Å². The molecule has 0 atom stereocenters. The third-order valence-corrected chi connectivity index (χ3v) is 3.11. The van der Waals surface area contributed by atoms with Crippen LogP contribution in [0.25, 0.3) is 10.8 Å². The first-order valence-corrected chi connectivity index (χ1v) is 6.72. The quantitative estimate of drug-likeness (QED) is 0.837. The zero-order chi connectivity index (χ0) is 14.8. The van der Waals surface area contributed by atoms with Gasteiger partial charge in [-0.1, -0.05) is 12.1 Å². The molecule has 0 unspecified atom stereocenters. The second kappa shape index (κ2) is 5.71.